The second-order valence-electron chi connectivity index (χ2n) is 2.94. The number of nitrogens with zero attached hydrogens (tertiary/aromatic N) is 1. The molecule has 1 heterocycles. The summed E-state index contributed by atoms with van der Waals surface area (Å²) in [6.45, 7) is 4.55. The molecule has 78 valence electrons. The summed E-state index contributed by atoms with van der Waals surface area (Å²) in [7, 11) is 0. The predicted octanol–water partition coefficient (Wildman–Crippen LogP) is 2.26. The van der Waals surface area contributed by atoms with Crippen molar-refractivity contribution >= 4 is 28.8 Å². The number of alkyl halides is 1. The summed E-state index contributed by atoms with van der Waals surface area (Å²) in [6.07, 6.45) is 0.908. The van der Waals surface area contributed by atoms with Gasteiger partial charge in [0.15, 0.2) is 5.38 Å². The van der Waals surface area contributed by atoms with Crippen LogP contribution in [-0.4, -0.2) is 17.4 Å². The molecule has 0 saturated carbocycles. The SMILES string of the molecule is CCCNC(=O)C(Cl)c1csc(C)n1. The van der Waals surface area contributed by atoms with E-state index in [0.717, 1.165) is 11.4 Å². The third-order valence-electron chi connectivity index (χ3n) is 1.68. The van der Waals surface area contributed by atoms with Crippen LogP contribution >= 0.6 is 22.9 Å². The molecule has 0 aliphatic carbocycles. The molecule has 1 atom stereocenters. The summed E-state index contributed by atoms with van der Waals surface area (Å²) in [5.74, 6) is -0.168. The van der Waals surface area contributed by atoms with E-state index in [-0.39, 0.29) is 5.91 Å². The maximum Gasteiger partial charge on any atom is 0.244 e. The van der Waals surface area contributed by atoms with Crippen molar-refractivity contribution in [3.05, 3.63) is 16.1 Å². The molecule has 3 nitrogen and oxygen atoms in total. The summed E-state index contributed by atoms with van der Waals surface area (Å²) in [5.41, 5.74) is 0.641. The van der Waals surface area contributed by atoms with Gasteiger partial charge in [-0.05, 0) is 13.3 Å². The van der Waals surface area contributed by atoms with E-state index in [1.165, 1.54) is 11.3 Å². The fourth-order valence-corrected chi connectivity index (χ4v) is 1.87. The molecular formula is C9H13ClN2OS. The van der Waals surface area contributed by atoms with Crippen molar-refractivity contribution in [2.75, 3.05) is 6.54 Å². The van der Waals surface area contributed by atoms with Crippen LogP contribution in [0.4, 0.5) is 0 Å². The van der Waals surface area contributed by atoms with Crippen LogP contribution in [0.25, 0.3) is 0 Å². The molecular weight excluding hydrogens is 220 g/mol. The largest absolute Gasteiger partial charge is 0.354 e. The van der Waals surface area contributed by atoms with Crippen LogP contribution in [0, 0.1) is 6.92 Å². The molecule has 0 saturated heterocycles. The zero-order chi connectivity index (χ0) is 10.6. The first kappa shape index (κ1) is 11.5. The van der Waals surface area contributed by atoms with Crippen LogP contribution in [0.15, 0.2) is 5.38 Å². The van der Waals surface area contributed by atoms with Gasteiger partial charge >= 0.3 is 0 Å². The van der Waals surface area contributed by atoms with Gasteiger partial charge in [0.25, 0.3) is 0 Å². The quantitative estimate of drug-likeness (QED) is 0.810. The maximum atomic E-state index is 11.4. The summed E-state index contributed by atoms with van der Waals surface area (Å²) in [4.78, 5) is 15.6. The van der Waals surface area contributed by atoms with E-state index in [9.17, 15) is 4.79 Å². The van der Waals surface area contributed by atoms with Crippen molar-refractivity contribution in [1.29, 1.82) is 0 Å². The summed E-state index contributed by atoms with van der Waals surface area (Å²) in [5, 5.41) is 4.82. The van der Waals surface area contributed by atoms with Crippen LogP contribution < -0.4 is 5.32 Å². The Hall–Kier alpha value is -0.610. The standard InChI is InChI=1S/C9H13ClN2OS/c1-3-4-11-9(13)8(10)7-5-14-6(2)12-7/h5,8H,3-4H2,1-2H3,(H,11,13). The normalized spacial score (nSPS) is 12.5. The first-order chi connectivity index (χ1) is 6.65. The molecule has 0 aliphatic rings. The van der Waals surface area contributed by atoms with Gasteiger partial charge in [0.05, 0.1) is 10.7 Å². The Balaban J connectivity index is 2.56. The second-order valence-corrected chi connectivity index (χ2v) is 4.44. The highest BCUT2D eigenvalue weighted by molar-refractivity contribution is 7.09. The molecule has 0 aromatic carbocycles. The molecule has 1 aromatic heterocycles. The predicted molar refractivity (Wildman–Crippen MR) is 58.7 cm³/mol. The number of thiazole rings is 1. The number of nitrogens with one attached hydrogen (secondary N) is 1. The number of hydrogen-bond acceptors (Lipinski definition) is 3. The van der Waals surface area contributed by atoms with Gasteiger partial charge < -0.3 is 5.32 Å². The lowest BCUT2D eigenvalue weighted by Crippen LogP contribution is -2.27. The van der Waals surface area contributed by atoms with Crippen LogP contribution in [-0.2, 0) is 4.79 Å². The highest BCUT2D eigenvalue weighted by atomic mass is 35.5. The average Bonchev–Trinajstić information content (AvgIpc) is 2.60. The summed E-state index contributed by atoms with van der Waals surface area (Å²) < 4.78 is 0. The molecule has 14 heavy (non-hydrogen) atoms. The topological polar surface area (TPSA) is 42.0 Å². The highest BCUT2D eigenvalue weighted by Crippen LogP contribution is 2.22. The van der Waals surface area contributed by atoms with Crippen molar-refractivity contribution in [1.82, 2.24) is 10.3 Å². The lowest BCUT2D eigenvalue weighted by atomic mass is 10.3. The van der Waals surface area contributed by atoms with Gasteiger partial charge in [0.1, 0.15) is 0 Å². The van der Waals surface area contributed by atoms with Gasteiger partial charge in [-0.2, -0.15) is 0 Å². The van der Waals surface area contributed by atoms with Crippen LogP contribution in [0.1, 0.15) is 29.4 Å². The van der Waals surface area contributed by atoms with Crippen molar-refractivity contribution in [2.45, 2.75) is 25.6 Å². The number of amides is 1. The van der Waals surface area contributed by atoms with Gasteiger partial charge in [-0.15, -0.1) is 22.9 Å². The Kier molecular flexibility index (Phi) is 4.35. The van der Waals surface area contributed by atoms with Crippen molar-refractivity contribution < 1.29 is 4.79 Å². The molecule has 1 aromatic rings. The number of aromatic nitrogens is 1. The van der Waals surface area contributed by atoms with E-state index in [1.807, 2.05) is 19.2 Å². The fraction of sp³-hybridized carbons (Fsp3) is 0.556. The zero-order valence-corrected chi connectivity index (χ0v) is 9.78. The first-order valence-electron chi connectivity index (χ1n) is 4.49. The van der Waals surface area contributed by atoms with E-state index in [2.05, 4.69) is 10.3 Å². The minimum Gasteiger partial charge on any atom is -0.354 e. The number of rotatable bonds is 4. The van der Waals surface area contributed by atoms with Crippen LogP contribution in [0.3, 0.4) is 0 Å². The maximum absolute atomic E-state index is 11.4. The van der Waals surface area contributed by atoms with Gasteiger partial charge in [0.2, 0.25) is 5.91 Å². The van der Waals surface area contributed by atoms with Crippen molar-refractivity contribution in [2.24, 2.45) is 0 Å². The molecule has 1 unspecified atom stereocenters. The number of halogens is 1. The molecule has 1 N–H and O–H groups in total. The number of aryl methyl sites for hydroxylation is 1. The molecule has 1 amide bonds. The fourth-order valence-electron chi connectivity index (χ4n) is 0.969. The monoisotopic (exact) mass is 232 g/mol. The lowest BCUT2D eigenvalue weighted by Gasteiger charge is -2.06. The van der Waals surface area contributed by atoms with E-state index < -0.39 is 5.38 Å². The van der Waals surface area contributed by atoms with E-state index in [0.29, 0.717) is 12.2 Å². The molecule has 0 bridgehead atoms. The van der Waals surface area contributed by atoms with Gasteiger partial charge in [-0.25, -0.2) is 4.98 Å². The summed E-state index contributed by atoms with van der Waals surface area (Å²) >= 11 is 7.44. The summed E-state index contributed by atoms with van der Waals surface area (Å²) in [6, 6.07) is 0. The van der Waals surface area contributed by atoms with Crippen molar-refractivity contribution in [3.63, 3.8) is 0 Å². The first-order valence-corrected chi connectivity index (χ1v) is 5.80. The molecule has 0 fully saturated rings. The van der Waals surface area contributed by atoms with Gasteiger partial charge in [0, 0.05) is 11.9 Å². The molecule has 1 rings (SSSR count). The zero-order valence-electron chi connectivity index (χ0n) is 8.21. The van der Waals surface area contributed by atoms with E-state index in [1.54, 1.807) is 0 Å². The Bertz CT molecular complexity index is 314. The van der Waals surface area contributed by atoms with Crippen LogP contribution in [0.2, 0.25) is 0 Å². The average molecular weight is 233 g/mol. The Morgan fingerprint density at radius 2 is 2.50 bits per heavy atom. The minimum atomic E-state index is -0.661. The number of hydrogen-bond donors (Lipinski definition) is 1. The highest BCUT2D eigenvalue weighted by Gasteiger charge is 2.19. The molecule has 5 heteroatoms. The molecule has 0 spiro atoms. The molecule has 0 aliphatic heterocycles. The smallest absolute Gasteiger partial charge is 0.244 e. The Morgan fingerprint density at radius 1 is 1.79 bits per heavy atom. The number of carbonyl (C=O) groups is 1. The third kappa shape index (κ3) is 2.96. The van der Waals surface area contributed by atoms with Crippen molar-refractivity contribution in [3.8, 4) is 0 Å². The molecule has 0 radical (unpaired) electrons. The van der Waals surface area contributed by atoms with Crippen LogP contribution in [0.5, 0.6) is 0 Å². The minimum absolute atomic E-state index is 0.168. The van der Waals surface area contributed by atoms with E-state index >= 15 is 0 Å². The van der Waals surface area contributed by atoms with Gasteiger partial charge in [-0.3, -0.25) is 4.79 Å². The Morgan fingerprint density at radius 3 is 3.00 bits per heavy atom. The Labute approximate surface area is 92.5 Å². The van der Waals surface area contributed by atoms with E-state index in [4.69, 9.17) is 11.6 Å². The second kappa shape index (κ2) is 5.32. The number of carbonyl (C=O) groups excluding carboxylic acids is 1. The third-order valence-corrected chi connectivity index (χ3v) is 2.89. The lowest BCUT2D eigenvalue weighted by molar-refractivity contribution is -0.120. The van der Waals surface area contributed by atoms with Gasteiger partial charge in [-0.1, -0.05) is 6.92 Å².